The minimum atomic E-state index is -3.90. The first-order valence-electron chi connectivity index (χ1n) is 11.0. The highest BCUT2D eigenvalue weighted by Gasteiger charge is 2.35. The fourth-order valence-electron chi connectivity index (χ4n) is 3.75. The number of hydrogen-bond donors (Lipinski definition) is 3. The molecule has 2 heterocycles. The maximum atomic E-state index is 12.9. The van der Waals surface area contributed by atoms with Gasteiger partial charge in [0.2, 0.25) is 0 Å². The lowest BCUT2D eigenvalue weighted by Crippen LogP contribution is -2.39. The van der Waals surface area contributed by atoms with E-state index in [1.807, 2.05) is 39.8 Å². The molecule has 3 rings (SSSR count). The maximum absolute atomic E-state index is 12.9. The van der Waals surface area contributed by atoms with Gasteiger partial charge in [-0.25, -0.2) is 8.42 Å². The first kappa shape index (κ1) is 26.0. The smallest absolute Gasteiger partial charge is 0.256 e. The summed E-state index contributed by atoms with van der Waals surface area (Å²) >= 11 is 0.908. The number of furan rings is 1. The lowest BCUT2D eigenvalue weighted by Gasteiger charge is -2.31. The summed E-state index contributed by atoms with van der Waals surface area (Å²) in [5.41, 5.74) is -1.67. The Bertz CT molecular complexity index is 1370. The molecule has 9 nitrogen and oxygen atoms in total. The molecule has 34 heavy (non-hydrogen) atoms. The van der Waals surface area contributed by atoms with E-state index < -0.39 is 32.7 Å². The van der Waals surface area contributed by atoms with Crippen molar-refractivity contribution in [1.29, 1.82) is 0 Å². The molecule has 0 aliphatic heterocycles. The highest BCUT2D eigenvalue weighted by molar-refractivity contribution is 7.91. The third-order valence-electron chi connectivity index (χ3n) is 5.67. The van der Waals surface area contributed by atoms with Crippen LogP contribution in [-0.4, -0.2) is 30.9 Å². The van der Waals surface area contributed by atoms with Crippen LogP contribution in [0.3, 0.4) is 0 Å². The number of aromatic hydroxyl groups is 1. The van der Waals surface area contributed by atoms with E-state index in [0.29, 0.717) is 10.6 Å². The van der Waals surface area contributed by atoms with Crippen molar-refractivity contribution >= 4 is 38.4 Å². The molecule has 0 radical (unpaired) electrons. The Labute approximate surface area is 203 Å². The second-order valence-electron chi connectivity index (χ2n) is 9.18. The molecule has 0 fully saturated rings. The van der Waals surface area contributed by atoms with Crippen molar-refractivity contribution in [3.63, 3.8) is 0 Å². The molecule has 186 valence electrons. The molecule has 3 N–H and O–H groups in total. The zero-order valence-electron chi connectivity index (χ0n) is 20.4. The molecular weight excluding hydrogens is 478 g/mol. The van der Waals surface area contributed by atoms with E-state index in [1.54, 1.807) is 20.8 Å². The number of sulfonamides is 1. The quantitative estimate of drug-likeness (QED) is 0.366. The molecule has 3 aromatic rings. The van der Waals surface area contributed by atoms with Crippen LogP contribution in [0.2, 0.25) is 0 Å². The van der Waals surface area contributed by atoms with Gasteiger partial charge >= 0.3 is 0 Å². The zero-order chi connectivity index (χ0) is 25.6. The van der Waals surface area contributed by atoms with E-state index in [-0.39, 0.29) is 39.8 Å². The Morgan fingerprint density at radius 2 is 1.65 bits per heavy atom. The molecule has 1 atom stereocenters. The first-order chi connectivity index (χ1) is 15.7. The van der Waals surface area contributed by atoms with Crippen LogP contribution >= 0.6 is 11.3 Å². The third-order valence-corrected chi connectivity index (χ3v) is 9.30. The lowest BCUT2D eigenvalue weighted by atomic mass is 9.85. The molecular formula is C23H31N3O6S2. The van der Waals surface area contributed by atoms with Gasteiger partial charge in [-0.2, -0.15) is 4.31 Å². The first-order valence-corrected chi connectivity index (χ1v) is 13.2. The lowest BCUT2D eigenvalue weighted by molar-refractivity contribution is 0.300. The van der Waals surface area contributed by atoms with Crippen LogP contribution in [0.15, 0.2) is 30.3 Å². The van der Waals surface area contributed by atoms with Gasteiger partial charge in [0.25, 0.3) is 20.9 Å². The Balaban J connectivity index is 2.00. The van der Waals surface area contributed by atoms with Crippen molar-refractivity contribution in [1.82, 2.24) is 4.31 Å². The molecule has 0 spiro atoms. The van der Waals surface area contributed by atoms with Crippen LogP contribution < -0.4 is 21.5 Å². The SMILES string of the molecule is CCN(CC)S(=O)(=O)c1sc(C)c(Nc2c(N[C@@H](c3ccc(C)o3)C(C)(C)C)c(=O)c2=O)c1O. The summed E-state index contributed by atoms with van der Waals surface area (Å²) in [6, 6.07) is 3.22. The Kier molecular flexibility index (Phi) is 7.03. The zero-order valence-corrected chi connectivity index (χ0v) is 22.0. The van der Waals surface area contributed by atoms with Gasteiger partial charge in [0.1, 0.15) is 22.9 Å². The van der Waals surface area contributed by atoms with E-state index in [9.17, 15) is 23.1 Å². The Morgan fingerprint density at radius 3 is 2.15 bits per heavy atom. The predicted octanol–water partition coefficient (Wildman–Crippen LogP) is 4.23. The summed E-state index contributed by atoms with van der Waals surface area (Å²) in [6.45, 7) is 13.3. The van der Waals surface area contributed by atoms with Gasteiger partial charge in [-0.3, -0.25) is 9.59 Å². The molecule has 0 amide bonds. The summed E-state index contributed by atoms with van der Waals surface area (Å²) in [4.78, 5) is 25.4. The molecule has 1 aromatic carbocycles. The highest BCUT2D eigenvalue weighted by Crippen LogP contribution is 2.45. The average Bonchev–Trinajstić information content (AvgIpc) is 3.30. The van der Waals surface area contributed by atoms with Gasteiger partial charge in [0, 0.05) is 18.0 Å². The normalized spacial score (nSPS) is 13.5. The number of rotatable bonds is 9. The molecule has 2 aromatic heterocycles. The van der Waals surface area contributed by atoms with Crippen molar-refractivity contribution in [2.75, 3.05) is 23.7 Å². The fourth-order valence-corrected chi connectivity index (χ4v) is 6.85. The summed E-state index contributed by atoms with van der Waals surface area (Å²) < 4.78 is 32.7. The van der Waals surface area contributed by atoms with Crippen molar-refractivity contribution < 1.29 is 17.9 Å². The van der Waals surface area contributed by atoms with Crippen LogP contribution in [0.5, 0.6) is 5.75 Å². The van der Waals surface area contributed by atoms with Gasteiger partial charge in [0.05, 0.1) is 11.7 Å². The van der Waals surface area contributed by atoms with Gasteiger partial charge in [-0.05, 0) is 31.4 Å². The van der Waals surface area contributed by atoms with E-state index in [4.69, 9.17) is 4.42 Å². The van der Waals surface area contributed by atoms with Crippen molar-refractivity contribution in [3.05, 3.63) is 49.0 Å². The van der Waals surface area contributed by atoms with Crippen molar-refractivity contribution in [3.8, 4) is 5.75 Å². The topological polar surface area (TPSA) is 129 Å². The average molecular weight is 510 g/mol. The monoisotopic (exact) mass is 509 g/mol. The third kappa shape index (κ3) is 4.51. The fraction of sp³-hybridized carbons (Fsp3) is 0.478. The highest BCUT2D eigenvalue weighted by atomic mass is 32.2. The molecule has 0 unspecified atom stereocenters. The standard InChI is InChI=1S/C23H31N3O6S2/c1-8-26(9-2)34(30,31)22-20(29)15(13(4)33-22)24-16-17(19(28)18(16)27)25-21(23(5,6)7)14-11-10-12(3)32-14/h10-11,21,24-25,29H,8-9H2,1-7H3/t21-/m0/s1. The second kappa shape index (κ2) is 9.20. The molecule has 0 saturated heterocycles. The molecule has 0 aliphatic carbocycles. The Hall–Kier alpha value is -2.63. The summed E-state index contributed by atoms with van der Waals surface area (Å²) in [7, 11) is -3.90. The van der Waals surface area contributed by atoms with Gasteiger partial charge < -0.3 is 20.2 Å². The number of thiophene rings is 1. The Morgan fingerprint density at radius 1 is 1.06 bits per heavy atom. The number of aryl methyl sites for hydroxylation is 2. The molecule has 0 saturated carbocycles. The molecule has 0 aliphatic rings. The van der Waals surface area contributed by atoms with Crippen molar-refractivity contribution in [2.24, 2.45) is 5.41 Å². The van der Waals surface area contributed by atoms with Crippen LogP contribution in [0, 0.1) is 19.3 Å². The minimum absolute atomic E-state index is 0.0227. The van der Waals surface area contributed by atoms with E-state index >= 15 is 0 Å². The van der Waals surface area contributed by atoms with Gasteiger partial charge in [-0.15, -0.1) is 11.3 Å². The van der Waals surface area contributed by atoms with Crippen LogP contribution in [0.25, 0.3) is 0 Å². The summed E-state index contributed by atoms with van der Waals surface area (Å²) in [5, 5.41) is 16.7. The number of nitrogens with one attached hydrogen (secondary N) is 2. The summed E-state index contributed by atoms with van der Waals surface area (Å²) in [5.74, 6) is 0.865. The van der Waals surface area contributed by atoms with E-state index in [2.05, 4.69) is 10.6 Å². The number of anilines is 3. The summed E-state index contributed by atoms with van der Waals surface area (Å²) in [6.07, 6.45) is 0. The van der Waals surface area contributed by atoms with Gasteiger partial charge in [0.15, 0.2) is 9.96 Å². The molecule has 0 bridgehead atoms. The van der Waals surface area contributed by atoms with E-state index in [1.165, 1.54) is 4.31 Å². The van der Waals surface area contributed by atoms with Gasteiger partial charge in [-0.1, -0.05) is 34.6 Å². The van der Waals surface area contributed by atoms with Crippen LogP contribution in [0.1, 0.15) is 57.1 Å². The maximum Gasteiger partial charge on any atom is 0.256 e. The van der Waals surface area contributed by atoms with E-state index in [0.717, 1.165) is 17.1 Å². The second-order valence-corrected chi connectivity index (χ2v) is 12.5. The number of hydrogen-bond acceptors (Lipinski definition) is 9. The van der Waals surface area contributed by atoms with Crippen molar-refractivity contribution in [2.45, 2.75) is 58.7 Å². The molecule has 11 heteroatoms. The van der Waals surface area contributed by atoms with Crippen LogP contribution in [-0.2, 0) is 10.0 Å². The minimum Gasteiger partial charge on any atom is -0.504 e. The number of nitrogens with zero attached hydrogens (tertiary/aromatic N) is 1. The van der Waals surface area contributed by atoms with Crippen LogP contribution in [0.4, 0.5) is 17.1 Å². The largest absolute Gasteiger partial charge is 0.504 e. The predicted molar refractivity (Wildman–Crippen MR) is 135 cm³/mol.